The van der Waals surface area contributed by atoms with Crippen molar-refractivity contribution >= 4 is 28.8 Å². The number of aromatic nitrogens is 2. The Hall–Kier alpha value is -3.61. The monoisotopic (exact) mass is 378 g/mol. The molecule has 1 heterocycles. The number of benzene rings is 2. The summed E-state index contributed by atoms with van der Waals surface area (Å²) in [5.41, 5.74) is 7.55. The van der Waals surface area contributed by atoms with E-state index in [0.717, 1.165) is 11.1 Å². The topological polar surface area (TPSA) is 85.2 Å². The number of methoxy groups -OCH3 is 1. The fourth-order valence-corrected chi connectivity index (χ4v) is 2.87. The number of anilines is 1. The Bertz CT molecular complexity index is 1100. The van der Waals surface area contributed by atoms with Crippen molar-refractivity contribution in [3.05, 3.63) is 70.0 Å². The average Bonchev–Trinajstić information content (AvgIpc) is 2.71. The first-order chi connectivity index (χ1) is 13.5. The second kappa shape index (κ2) is 8.39. The van der Waals surface area contributed by atoms with Crippen LogP contribution in [0.2, 0.25) is 0 Å². The normalized spacial score (nSPS) is 11.0. The summed E-state index contributed by atoms with van der Waals surface area (Å²) >= 11 is 0. The van der Waals surface area contributed by atoms with Crippen LogP contribution in [-0.4, -0.2) is 22.6 Å². The smallest absolute Gasteiger partial charge is 0.262 e. The molecule has 2 N–H and O–H groups in total. The third-order valence-electron chi connectivity index (χ3n) is 4.27. The third-order valence-corrected chi connectivity index (χ3v) is 4.27. The number of carbonyl (C=O) groups is 1. The number of amides is 1. The Morgan fingerprint density at radius 3 is 2.79 bits per heavy atom. The maximum Gasteiger partial charge on any atom is 0.262 e. The summed E-state index contributed by atoms with van der Waals surface area (Å²) in [6, 6.07) is 12.8. The molecular formula is C21H22N4O3. The first-order valence-electron chi connectivity index (χ1n) is 8.91. The van der Waals surface area contributed by atoms with Gasteiger partial charge in [0.25, 0.3) is 11.5 Å². The number of hydrogen-bond acceptors (Lipinski definition) is 5. The first kappa shape index (κ1) is 19.2. The minimum absolute atomic E-state index is 0.162. The molecule has 28 heavy (non-hydrogen) atoms. The van der Waals surface area contributed by atoms with Gasteiger partial charge in [0.2, 0.25) is 5.95 Å². The zero-order valence-corrected chi connectivity index (χ0v) is 16.0. The molecule has 2 aromatic carbocycles. The molecule has 1 amide bonds. The molecular weight excluding hydrogens is 356 g/mol. The van der Waals surface area contributed by atoms with E-state index in [9.17, 15) is 9.59 Å². The molecule has 0 saturated heterocycles. The van der Waals surface area contributed by atoms with Crippen molar-refractivity contribution < 1.29 is 9.53 Å². The van der Waals surface area contributed by atoms with Crippen molar-refractivity contribution in [2.24, 2.45) is 0 Å². The Balaban J connectivity index is 1.78. The van der Waals surface area contributed by atoms with Crippen LogP contribution in [0.15, 0.2) is 53.3 Å². The summed E-state index contributed by atoms with van der Waals surface area (Å²) in [7, 11) is 1.58. The molecule has 0 unspecified atom stereocenters. The zero-order valence-electron chi connectivity index (χ0n) is 16.0. The maximum atomic E-state index is 12.6. The van der Waals surface area contributed by atoms with E-state index in [-0.39, 0.29) is 17.4 Å². The molecule has 0 aliphatic rings. The minimum Gasteiger partial charge on any atom is -0.496 e. The lowest BCUT2D eigenvalue weighted by Gasteiger charge is -2.13. The molecule has 3 aromatic rings. The Morgan fingerprint density at radius 2 is 2.04 bits per heavy atom. The Morgan fingerprint density at radius 1 is 1.25 bits per heavy atom. The van der Waals surface area contributed by atoms with Crippen LogP contribution in [0.25, 0.3) is 17.0 Å². The molecule has 0 atom stereocenters. The molecule has 0 fully saturated rings. The van der Waals surface area contributed by atoms with E-state index in [0.29, 0.717) is 23.2 Å². The molecule has 144 valence electrons. The highest BCUT2D eigenvalue weighted by Gasteiger charge is 2.09. The highest BCUT2D eigenvalue weighted by Crippen LogP contribution is 2.20. The molecule has 0 spiro atoms. The van der Waals surface area contributed by atoms with Gasteiger partial charge >= 0.3 is 0 Å². The number of fused-ring (bicyclic) bond motifs is 1. The molecule has 0 saturated carbocycles. The number of hydrogen-bond donors (Lipinski definition) is 2. The molecule has 7 heteroatoms. The van der Waals surface area contributed by atoms with Gasteiger partial charge in [0.1, 0.15) is 5.75 Å². The number of nitrogens with zero attached hydrogens (tertiary/aromatic N) is 2. The molecule has 0 bridgehead atoms. The first-order valence-corrected chi connectivity index (χ1v) is 8.91. The SMILES string of the molecule is CCn1c(NNC(=O)/C=C/c2cc(C)ccc2OC)nc2ccccc2c1=O. The van der Waals surface area contributed by atoms with Gasteiger partial charge in [0.05, 0.1) is 18.0 Å². The lowest BCUT2D eigenvalue weighted by molar-refractivity contribution is -0.116. The van der Waals surface area contributed by atoms with Gasteiger partial charge in [0, 0.05) is 18.2 Å². The summed E-state index contributed by atoms with van der Waals surface area (Å²) in [6.07, 6.45) is 3.06. The Kier molecular flexibility index (Phi) is 5.74. The number of rotatable bonds is 6. The summed E-state index contributed by atoms with van der Waals surface area (Å²) < 4.78 is 6.77. The number of ether oxygens (including phenoxy) is 1. The fraction of sp³-hybridized carbons (Fsp3) is 0.190. The number of carbonyl (C=O) groups excluding carboxylic acids is 1. The van der Waals surface area contributed by atoms with Crippen LogP contribution < -0.4 is 21.1 Å². The fourth-order valence-electron chi connectivity index (χ4n) is 2.87. The van der Waals surface area contributed by atoms with E-state index in [4.69, 9.17) is 4.74 Å². The van der Waals surface area contributed by atoms with Gasteiger partial charge in [-0.25, -0.2) is 4.98 Å². The summed E-state index contributed by atoms with van der Waals surface area (Å²) in [5, 5.41) is 0.535. The summed E-state index contributed by atoms with van der Waals surface area (Å²) in [5.74, 6) is 0.577. The predicted octanol–water partition coefficient (Wildman–Crippen LogP) is 2.89. The van der Waals surface area contributed by atoms with Gasteiger partial charge in [-0.05, 0) is 44.2 Å². The third kappa shape index (κ3) is 4.03. The molecule has 3 rings (SSSR count). The standard InChI is InChI=1S/C21H22N4O3/c1-4-25-20(27)16-7-5-6-8-17(16)22-21(25)24-23-19(26)12-10-15-13-14(2)9-11-18(15)28-3/h5-13H,4H2,1-3H3,(H,22,24)(H,23,26)/b12-10+. The lowest BCUT2D eigenvalue weighted by atomic mass is 10.1. The number of hydrazine groups is 1. The second-order valence-corrected chi connectivity index (χ2v) is 6.19. The van der Waals surface area contributed by atoms with Crippen molar-refractivity contribution in [3.63, 3.8) is 0 Å². The number of aryl methyl sites for hydroxylation is 1. The van der Waals surface area contributed by atoms with Crippen LogP contribution in [-0.2, 0) is 11.3 Å². The molecule has 7 nitrogen and oxygen atoms in total. The van der Waals surface area contributed by atoms with Gasteiger partial charge in [-0.3, -0.25) is 25.0 Å². The van der Waals surface area contributed by atoms with Gasteiger partial charge in [0.15, 0.2) is 0 Å². The quantitative estimate of drug-likeness (QED) is 0.509. The molecule has 1 aromatic heterocycles. The van der Waals surface area contributed by atoms with E-state index >= 15 is 0 Å². The van der Waals surface area contributed by atoms with Crippen LogP contribution in [0.3, 0.4) is 0 Å². The van der Waals surface area contributed by atoms with E-state index in [1.807, 2.05) is 38.1 Å². The van der Waals surface area contributed by atoms with Crippen molar-refractivity contribution in [2.45, 2.75) is 20.4 Å². The van der Waals surface area contributed by atoms with Crippen molar-refractivity contribution in [1.29, 1.82) is 0 Å². The van der Waals surface area contributed by atoms with E-state index in [1.165, 1.54) is 10.6 Å². The van der Waals surface area contributed by atoms with Crippen LogP contribution in [0.1, 0.15) is 18.1 Å². The highest BCUT2D eigenvalue weighted by atomic mass is 16.5. The predicted molar refractivity (Wildman–Crippen MR) is 110 cm³/mol. The van der Waals surface area contributed by atoms with Crippen LogP contribution in [0.5, 0.6) is 5.75 Å². The molecule has 0 aliphatic heterocycles. The molecule has 0 radical (unpaired) electrons. The van der Waals surface area contributed by atoms with Crippen molar-refractivity contribution in [1.82, 2.24) is 15.0 Å². The van der Waals surface area contributed by atoms with Gasteiger partial charge in [-0.2, -0.15) is 0 Å². The van der Waals surface area contributed by atoms with E-state index in [1.54, 1.807) is 31.4 Å². The zero-order chi connectivity index (χ0) is 20.1. The van der Waals surface area contributed by atoms with Crippen molar-refractivity contribution in [2.75, 3.05) is 12.5 Å². The van der Waals surface area contributed by atoms with Crippen molar-refractivity contribution in [3.8, 4) is 5.75 Å². The van der Waals surface area contributed by atoms with E-state index in [2.05, 4.69) is 15.8 Å². The largest absolute Gasteiger partial charge is 0.496 e. The average molecular weight is 378 g/mol. The molecule has 0 aliphatic carbocycles. The maximum absolute atomic E-state index is 12.6. The highest BCUT2D eigenvalue weighted by molar-refractivity contribution is 5.92. The lowest BCUT2D eigenvalue weighted by Crippen LogP contribution is -2.33. The van der Waals surface area contributed by atoms with Crippen LogP contribution in [0.4, 0.5) is 5.95 Å². The second-order valence-electron chi connectivity index (χ2n) is 6.19. The minimum atomic E-state index is -0.381. The van der Waals surface area contributed by atoms with Gasteiger partial charge < -0.3 is 4.74 Å². The van der Waals surface area contributed by atoms with Gasteiger partial charge in [-0.1, -0.05) is 23.8 Å². The number of nitrogens with one attached hydrogen (secondary N) is 2. The Labute approximate surface area is 162 Å². The number of para-hydroxylation sites is 1. The summed E-state index contributed by atoms with van der Waals surface area (Å²) in [4.78, 5) is 29.2. The van der Waals surface area contributed by atoms with Gasteiger partial charge in [-0.15, -0.1) is 0 Å². The van der Waals surface area contributed by atoms with Crippen LogP contribution in [0, 0.1) is 6.92 Å². The van der Waals surface area contributed by atoms with E-state index < -0.39 is 0 Å². The summed E-state index contributed by atoms with van der Waals surface area (Å²) in [6.45, 7) is 4.23. The van der Waals surface area contributed by atoms with Crippen LogP contribution >= 0.6 is 0 Å².